The molecule has 1 amide bonds. The van der Waals surface area contributed by atoms with Crippen LogP contribution in [0.1, 0.15) is 30.1 Å². The summed E-state index contributed by atoms with van der Waals surface area (Å²) in [6, 6.07) is 9.31. The SMILES string of the molecule is CCCN(CCN1CCC(C(=O)O)C1)C(=O)c1ccccc1. The van der Waals surface area contributed by atoms with E-state index in [1.807, 2.05) is 35.2 Å². The van der Waals surface area contributed by atoms with E-state index in [9.17, 15) is 9.59 Å². The number of carboxylic acid groups (broad SMARTS) is 1. The van der Waals surface area contributed by atoms with Gasteiger partial charge in [-0.2, -0.15) is 0 Å². The quantitative estimate of drug-likeness (QED) is 0.836. The number of benzene rings is 1. The third-order valence-corrected chi connectivity index (χ3v) is 4.11. The third-order valence-electron chi connectivity index (χ3n) is 4.11. The molecule has 0 radical (unpaired) electrons. The molecule has 1 aromatic carbocycles. The average molecular weight is 304 g/mol. The maximum Gasteiger partial charge on any atom is 0.307 e. The largest absolute Gasteiger partial charge is 0.481 e. The zero-order valence-corrected chi connectivity index (χ0v) is 13.1. The summed E-state index contributed by atoms with van der Waals surface area (Å²) in [6.07, 6.45) is 1.62. The highest BCUT2D eigenvalue weighted by Crippen LogP contribution is 2.16. The van der Waals surface area contributed by atoms with Gasteiger partial charge in [-0.05, 0) is 31.5 Å². The summed E-state index contributed by atoms with van der Waals surface area (Å²) in [5.74, 6) is -0.922. The van der Waals surface area contributed by atoms with Crippen molar-refractivity contribution in [2.24, 2.45) is 5.92 Å². The number of likely N-dealkylation sites (tertiary alicyclic amines) is 1. The fourth-order valence-corrected chi connectivity index (χ4v) is 2.85. The highest BCUT2D eigenvalue weighted by Gasteiger charge is 2.28. The Labute approximate surface area is 131 Å². The summed E-state index contributed by atoms with van der Waals surface area (Å²) in [5, 5.41) is 9.04. The van der Waals surface area contributed by atoms with Crippen LogP contribution in [0.3, 0.4) is 0 Å². The molecule has 1 atom stereocenters. The Morgan fingerprint density at radius 1 is 1.27 bits per heavy atom. The minimum atomic E-state index is -0.715. The van der Waals surface area contributed by atoms with Crippen LogP contribution in [0.4, 0.5) is 0 Å². The van der Waals surface area contributed by atoms with E-state index in [0.29, 0.717) is 25.1 Å². The second-order valence-electron chi connectivity index (χ2n) is 5.78. The fourth-order valence-electron chi connectivity index (χ4n) is 2.85. The summed E-state index contributed by atoms with van der Waals surface area (Å²) in [5.41, 5.74) is 0.709. The number of carbonyl (C=O) groups excluding carboxylic acids is 1. The predicted octanol–water partition coefficient (Wildman–Crippen LogP) is 1.95. The van der Waals surface area contributed by atoms with Gasteiger partial charge in [0.05, 0.1) is 5.92 Å². The van der Waals surface area contributed by atoms with Crippen molar-refractivity contribution < 1.29 is 14.7 Å². The Hall–Kier alpha value is -1.88. The summed E-state index contributed by atoms with van der Waals surface area (Å²) in [6.45, 7) is 5.56. The van der Waals surface area contributed by atoms with Gasteiger partial charge in [0, 0.05) is 31.7 Å². The van der Waals surface area contributed by atoms with Gasteiger partial charge in [-0.15, -0.1) is 0 Å². The number of carboxylic acids is 1. The lowest BCUT2D eigenvalue weighted by molar-refractivity contribution is -0.141. The molecule has 2 rings (SSSR count). The lowest BCUT2D eigenvalue weighted by atomic mass is 10.1. The minimum Gasteiger partial charge on any atom is -0.481 e. The van der Waals surface area contributed by atoms with Crippen LogP contribution in [0.15, 0.2) is 30.3 Å². The van der Waals surface area contributed by atoms with E-state index in [2.05, 4.69) is 11.8 Å². The number of carbonyl (C=O) groups is 2. The summed E-state index contributed by atoms with van der Waals surface area (Å²) >= 11 is 0. The lowest BCUT2D eigenvalue weighted by Gasteiger charge is -2.25. The van der Waals surface area contributed by atoms with Gasteiger partial charge in [-0.25, -0.2) is 0 Å². The van der Waals surface area contributed by atoms with Gasteiger partial charge < -0.3 is 14.9 Å². The van der Waals surface area contributed by atoms with Gasteiger partial charge in [0.25, 0.3) is 5.91 Å². The normalized spacial score (nSPS) is 18.3. The van der Waals surface area contributed by atoms with Gasteiger partial charge in [0.2, 0.25) is 0 Å². The van der Waals surface area contributed by atoms with Crippen LogP contribution in [0.2, 0.25) is 0 Å². The van der Waals surface area contributed by atoms with Crippen molar-refractivity contribution >= 4 is 11.9 Å². The maximum atomic E-state index is 12.5. The molecule has 0 bridgehead atoms. The second kappa shape index (κ2) is 7.94. The number of hydrogen-bond donors (Lipinski definition) is 1. The van der Waals surface area contributed by atoms with Crippen molar-refractivity contribution in [3.63, 3.8) is 0 Å². The highest BCUT2D eigenvalue weighted by molar-refractivity contribution is 5.94. The average Bonchev–Trinajstić information content (AvgIpc) is 3.01. The zero-order valence-electron chi connectivity index (χ0n) is 13.1. The molecule has 1 N–H and O–H groups in total. The van der Waals surface area contributed by atoms with Crippen molar-refractivity contribution in [2.75, 3.05) is 32.7 Å². The smallest absolute Gasteiger partial charge is 0.307 e. The lowest BCUT2D eigenvalue weighted by Crippen LogP contribution is -2.38. The van der Waals surface area contributed by atoms with E-state index < -0.39 is 5.97 Å². The highest BCUT2D eigenvalue weighted by atomic mass is 16.4. The monoisotopic (exact) mass is 304 g/mol. The first-order valence-corrected chi connectivity index (χ1v) is 7.91. The Morgan fingerprint density at radius 2 is 2.00 bits per heavy atom. The van der Waals surface area contributed by atoms with Gasteiger partial charge >= 0.3 is 5.97 Å². The molecule has 0 saturated carbocycles. The van der Waals surface area contributed by atoms with Crippen LogP contribution < -0.4 is 0 Å². The van der Waals surface area contributed by atoms with E-state index in [-0.39, 0.29) is 11.8 Å². The van der Waals surface area contributed by atoms with Crippen LogP contribution in [0.5, 0.6) is 0 Å². The Kier molecular flexibility index (Phi) is 5.95. The topological polar surface area (TPSA) is 60.9 Å². The molecule has 1 unspecified atom stereocenters. The predicted molar refractivity (Wildman–Crippen MR) is 84.8 cm³/mol. The van der Waals surface area contributed by atoms with Gasteiger partial charge in [-0.1, -0.05) is 25.1 Å². The van der Waals surface area contributed by atoms with Crippen LogP contribution in [-0.4, -0.2) is 59.5 Å². The molecule has 0 aromatic heterocycles. The molecular weight excluding hydrogens is 280 g/mol. The first-order chi connectivity index (χ1) is 10.6. The van der Waals surface area contributed by atoms with Crippen LogP contribution in [0.25, 0.3) is 0 Å². The number of rotatable bonds is 7. The van der Waals surface area contributed by atoms with E-state index in [1.54, 1.807) is 0 Å². The van der Waals surface area contributed by atoms with Crippen molar-refractivity contribution in [3.8, 4) is 0 Å². The Balaban J connectivity index is 1.90. The third kappa shape index (κ3) is 4.31. The molecule has 120 valence electrons. The van der Waals surface area contributed by atoms with Gasteiger partial charge in [0.1, 0.15) is 0 Å². The number of amides is 1. The zero-order chi connectivity index (χ0) is 15.9. The van der Waals surface area contributed by atoms with Crippen molar-refractivity contribution in [1.82, 2.24) is 9.80 Å². The fraction of sp³-hybridized carbons (Fsp3) is 0.529. The van der Waals surface area contributed by atoms with Gasteiger partial charge in [-0.3, -0.25) is 9.59 Å². The minimum absolute atomic E-state index is 0.0523. The Morgan fingerprint density at radius 3 is 2.59 bits per heavy atom. The number of hydrogen-bond acceptors (Lipinski definition) is 3. The van der Waals surface area contributed by atoms with E-state index in [0.717, 1.165) is 26.1 Å². The van der Waals surface area contributed by atoms with Crippen molar-refractivity contribution in [1.29, 1.82) is 0 Å². The maximum absolute atomic E-state index is 12.5. The molecule has 0 spiro atoms. The van der Waals surface area contributed by atoms with E-state index in [1.165, 1.54) is 0 Å². The number of nitrogens with zero attached hydrogens (tertiary/aromatic N) is 2. The summed E-state index contributed by atoms with van der Waals surface area (Å²) in [7, 11) is 0. The first-order valence-electron chi connectivity index (χ1n) is 7.91. The molecule has 1 fully saturated rings. The molecule has 0 aliphatic carbocycles. The molecular formula is C17H24N2O3. The van der Waals surface area contributed by atoms with Crippen molar-refractivity contribution in [3.05, 3.63) is 35.9 Å². The van der Waals surface area contributed by atoms with Crippen molar-refractivity contribution in [2.45, 2.75) is 19.8 Å². The summed E-state index contributed by atoms with van der Waals surface area (Å²) < 4.78 is 0. The van der Waals surface area contributed by atoms with Crippen LogP contribution in [0, 0.1) is 5.92 Å². The Bertz CT molecular complexity index is 504. The molecule has 22 heavy (non-hydrogen) atoms. The standard InChI is InChI=1S/C17H24N2O3/c1-2-9-19(16(20)14-6-4-3-5-7-14)12-11-18-10-8-15(13-18)17(21)22/h3-7,15H,2,8-13H2,1H3,(H,21,22). The molecule has 1 aliphatic rings. The molecule has 1 aliphatic heterocycles. The molecule has 1 aromatic rings. The van der Waals surface area contributed by atoms with Gasteiger partial charge in [0.15, 0.2) is 0 Å². The first kappa shape index (κ1) is 16.5. The van der Waals surface area contributed by atoms with Crippen LogP contribution >= 0.6 is 0 Å². The molecule has 1 heterocycles. The van der Waals surface area contributed by atoms with Crippen LogP contribution in [-0.2, 0) is 4.79 Å². The molecule has 5 heteroatoms. The summed E-state index contributed by atoms with van der Waals surface area (Å²) in [4.78, 5) is 27.5. The molecule has 5 nitrogen and oxygen atoms in total. The second-order valence-corrected chi connectivity index (χ2v) is 5.78. The van der Waals surface area contributed by atoms with E-state index >= 15 is 0 Å². The van der Waals surface area contributed by atoms with E-state index in [4.69, 9.17) is 5.11 Å². The molecule has 1 saturated heterocycles. The number of aliphatic carboxylic acids is 1.